The Morgan fingerprint density at radius 2 is 1.78 bits per heavy atom. The van der Waals surface area contributed by atoms with Crippen LogP contribution in [0.4, 0.5) is 11.5 Å². The van der Waals surface area contributed by atoms with Crippen LogP contribution in [-0.4, -0.2) is 9.97 Å². The van der Waals surface area contributed by atoms with Gasteiger partial charge in [-0.1, -0.05) is 15.9 Å². The zero-order valence-electron chi connectivity index (χ0n) is 9.84. The first-order valence-corrected chi connectivity index (χ1v) is 6.84. The van der Waals surface area contributed by atoms with Crippen LogP contribution in [0.5, 0.6) is 0 Å². The minimum Gasteiger partial charge on any atom is -0.339 e. The third-order valence-corrected chi connectivity index (χ3v) is 4.48. The Morgan fingerprint density at radius 1 is 1.17 bits per heavy atom. The Morgan fingerprint density at radius 3 is 2.39 bits per heavy atom. The van der Waals surface area contributed by atoms with Crippen LogP contribution < -0.4 is 10.9 Å². The molecule has 94 valence electrons. The van der Waals surface area contributed by atoms with Crippen molar-refractivity contribution in [2.24, 2.45) is 0 Å². The molecule has 1 aromatic heterocycles. The van der Waals surface area contributed by atoms with Crippen molar-refractivity contribution >= 4 is 43.4 Å². The van der Waals surface area contributed by atoms with Gasteiger partial charge in [-0.05, 0) is 53.0 Å². The quantitative estimate of drug-likeness (QED) is 0.845. The van der Waals surface area contributed by atoms with Gasteiger partial charge in [0.1, 0.15) is 4.47 Å². The zero-order valence-corrected chi connectivity index (χ0v) is 13.0. The van der Waals surface area contributed by atoms with Crippen molar-refractivity contribution in [3.05, 3.63) is 48.9 Å². The summed E-state index contributed by atoms with van der Waals surface area (Å²) in [5.41, 5.74) is 2.93. The van der Waals surface area contributed by atoms with Crippen LogP contribution in [0.25, 0.3) is 0 Å². The molecular weight excluding hydrogens is 362 g/mol. The van der Waals surface area contributed by atoms with Crippen LogP contribution in [0, 0.1) is 13.8 Å². The summed E-state index contributed by atoms with van der Waals surface area (Å²) in [6.07, 6.45) is 1.37. The Balaban J connectivity index is 2.40. The van der Waals surface area contributed by atoms with Crippen molar-refractivity contribution in [1.29, 1.82) is 0 Å². The number of nitrogens with one attached hydrogen (secondary N) is 2. The first kappa shape index (κ1) is 13.3. The molecule has 1 aromatic carbocycles. The van der Waals surface area contributed by atoms with E-state index in [-0.39, 0.29) is 5.56 Å². The van der Waals surface area contributed by atoms with Crippen LogP contribution in [0.15, 0.2) is 32.2 Å². The number of hydrogen-bond donors (Lipinski definition) is 2. The number of aryl methyl sites for hydroxylation is 2. The van der Waals surface area contributed by atoms with Gasteiger partial charge in [0.2, 0.25) is 0 Å². The highest BCUT2D eigenvalue weighted by Gasteiger charge is 2.07. The highest BCUT2D eigenvalue weighted by Crippen LogP contribution is 2.27. The molecule has 0 saturated carbocycles. The highest BCUT2D eigenvalue weighted by molar-refractivity contribution is 9.11. The fourth-order valence-electron chi connectivity index (χ4n) is 1.62. The molecule has 0 aliphatic heterocycles. The number of rotatable bonds is 2. The maximum absolute atomic E-state index is 11.4. The van der Waals surface area contributed by atoms with E-state index in [0.29, 0.717) is 10.3 Å². The maximum atomic E-state index is 11.4. The number of hydrogen-bond acceptors (Lipinski definition) is 3. The van der Waals surface area contributed by atoms with E-state index in [0.717, 1.165) is 21.3 Å². The van der Waals surface area contributed by atoms with Gasteiger partial charge in [-0.3, -0.25) is 4.79 Å². The smallest absolute Gasteiger partial charge is 0.267 e. The monoisotopic (exact) mass is 371 g/mol. The van der Waals surface area contributed by atoms with Gasteiger partial charge in [0.05, 0.1) is 6.33 Å². The molecule has 0 aliphatic rings. The maximum Gasteiger partial charge on any atom is 0.267 e. The summed E-state index contributed by atoms with van der Waals surface area (Å²) in [4.78, 5) is 18.0. The SMILES string of the molecule is Cc1cc(Nc2nc[nH]c(=O)c2Br)cc(C)c1Br. The average molecular weight is 373 g/mol. The van der Waals surface area contributed by atoms with Gasteiger partial charge in [0.15, 0.2) is 5.82 Å². The Hall–Kier alpha value is -1.14. The molecule has 0 amide bonds. The molecule has 0 saturated heterocycles. The van der Waals surface area contributed by atoms with E-state index in [1.165, 1.54) is 6.33 Å². The Labute approximate surface area is 121 Å². The standard InChI is InChI=1S/C12H11Br2N3O/c1-6-3-8(4-7(2)9(6)13)17-11-10(14)12(18)16-5-15-11/h3-5H,1-2H3,(H2,15,16,17,18). The topological polar surface area (TPSA) is 57.8 Å². The van der Waals surface area contributed by atoms with E-state index < -0.39 is 0 Å². The van der Waals surface area contributed by atoms with Crippen LogP contribution in [0.1, 0.15) is 11.1 Å². The summed E-state index contributed by atoms with van der Waals surface area (Å²) in [7, 11) is 0. The van der Waals surface area contributed by atoms with Gasteiger partial charge < -0.3 is 10.3 Å². The van der Waals surface area contributed by atoms with E-state index in [2.05, 4.69) is 47.1 Å². The van der Waals surface area contributed by atoms with Crippen molar-refractivity contribution in [1.82, 2.24) is 9.97 Å². The first-order valence-electron chi connectivity index (χ1n) is 5.26. The van der Waals surface area contributed by atoms with Crippen molar-refractivity contribution in [3.8, 4) is 0 Å². The summed E-state index contributed by atoms with van der Waals surface area (Å²) >= 11 is 6.73. The zero-order chi connectivity index (χ0) is 13.3. The second kappa shape index (κ2) is 5.24. The summed E-state index contributed by atoms with van der Waals surface area (Å²) in [5, 5.41) is 3.12. The number of aromatic nitrogens is 2. The van der Waals surface area contributed by atoms with Gasteiger partial charge in [-0.25, -0.2) is 4.98 Å². The molecular formula is C12H11Br2N3O. The van der Waals surface area contributed by atoms with Crippen molar-refractivity contribution in [2.45, 2.75) is 13.8 Å². The third kappa shape index (κ3) is 2.64. The van der Waals surface area contributed by atoms with E-state index in [4.69, 9.17) is 0 Å². The molecule has 2 aromatic rings. The molecule has 0 radical (unpaired) electrons. The Bertz CT molecular complexity index is 629. The van der Waals surface area contributed by atoms with E-state index in [1.807, 2.05) is 26.0 Å². The minimum absolute atomic E-state index is 0.210. The van der Waals surface area contributed by atoms with Crippen LogP contribution in [0.2, 0.25) is 0 Å². The molecule has 1 heterocycles. The lowest BCUT2D eigenvalue weighted by molar-refractivity contribution is 1.10. The summed E-state index contributed by atoms with van der Waals surface area (Å²) < 4.78 is 1.48. The predicted molar refractivity (Wildman–Crippen MR) is 79.5 cm³/mol. The summed E-state index contributed by atoms with van der Waals surface area (Å²) in [6, 6.07) is 3.98. The lowest BCUT2D eigenvalue weighted by Gasteiger charge is -2.10. The second-order valence-electron chi connectivity index (χ2n) is 3.94. The van der Waals surface area contributed by atoms with E-state index in [9.17, 15) is 4.79 Å². The van der Waals surface area contributed by atoms with E-state index in [1.54, 1.807) is 0 Å². The molecule has 0 aliphatic carbocycles. The van der Waals surface area contributed by atoms with Gasteiger partial charge in [0.25, 0.3) is 5.56 Å². The molecule has 4 nitrogen and oxygen atoms in total. The number of nitrogens with zero attached hydrogens (tertiary/aromatic N) is 1. The minimum atomic E-state index is -0.210. The molecule has 2 N–H and O–H groups in total. The normalized spacial score (nSPS) is 10.4. The van der Waals surface area contributed by atoms with Gasteiger partial charge in [-0.15, -0.1) is 0 Å². The van der Waals surface area contributed by atoms with Crippen molar-refractivity contribution < 1.29 is 0 Å². The number of benzene rings is 1. The van der Waals surface area contributed by atoms with Crippen LogP contribution in [-0.2, 0) is 0 Å². The molecule has 0 bridgehead atoms. The van der Waals surface area contributed by atoms with Crippen molar-refractivity contribution in [2.75, 3.05) is 5.32 Å². The van der Waals surface area contributed by atoms with E-state index >= 15 is 0 Å². The molecule has 0 atom stereocenters. The second-order valence-corrected chi connectivity index (χ2v) is 5.53. The largest absolute Gasteiger partial charge is 0.339 e. The molecule has 0 fully saturated rings. The molecule has 0 spiro atoms. The summed E-state index contributed by atoms with van der Waals surface area (Å²) in [5.74, 6) is 0.500. The number of H-pyrrole nitrogens is 1. The number of halogens is 2. The molecule has 6 heteroatoms. The lowest BCUT2D eigenvalue weighted by atomic mass is 10.1. The molecule has 2 rings (SSSR count). The fraction of sp³-hybridized carbons (Fsp3) is 0.167. The van der Waals surface area contributed by atoms with Crippen LogP contribution >= 0.6 is 31.9 Å². The lowest BCUT2D eigenvalue weighted by Crippen LogP contribution is -2.10. The summed E-state index contributed by atoms with van der Waals surface area (Å²) in [6.45, 7) is 4.03. The third-order valence-electron chi connectivity index (χ3n) is 2.50. The van der Waals surface area contributed by atoms with Gasteiger partial charge >= 0.3 is 0 Å². The fourth-order valence-corrected chi connectivity index (χ4v) is 2.17. The van der Waals surface area contributed by atoms with Crippen LogP contribution in [0.3, 0.4) is 0 Å². The Kier molecular flexibility index (Phi) is 3.87. The predicted octanol–water partition coefficient (Wildman–Crippen LogP) is 3.66. The van der Waals surface area contributed by atoms with Gasteiger partial charge in [-0.2, -0.15) is 0 Å². The molecule has 18 heavy (non-hydrogen) atoms. The molecule has 0 unspecified atom stereocenters. The number of anilines is 2. The highest BCUT2D eigenvalue weighted by atomic mass is 79.9. The average Bonchev–Trinajstić information content (AvgIpc) is 2.32. The van der Waals surface area contributed by atoms with Crippen molar-refractivity contribution in [3.63, 3.8) is 0 Å². The number of aromatic amines is 1. The first-order chi connectivity index (χ1) is 8.49. The van der Waals surface area contributed by atoms with Gasteiger partial charge in [0, 0.05) is 10.2 Å².